The van der Waals surface area contributed by atoms with E-state index in [1.54, 1.807) is 4.90 Å². The number of carbonyl (C=O) groups excluding carboxylic acids is 1. The van der Waals surface area contributed by atoms with Gasteiger partial charge in [0.1, 0.15) is 0 Å². The van der Waals surface area contributed by atoms with E-state index in [4.69, 9.17) is 5.73 Å². The molecular formula is C15H23BrN2O. The molecule has 1 rings (SSSR count). The highest BCUT2D eigenvalue weighted by Crippen LogP contribution is 2.16. The molecule has 106 valence electrons. The molecule has 0 unspecified atom stereocenters. The Kier molecular flexibility index (Phi) is 6.01. The van der Waals surface area contributed by atoms with Crippen molar-refractivity contribution in [3.05, 3.63) is 34.3 Å². The molecule has 0 bridgehead atoms. The predicted molar refractivity (Wildman–Crippen MR) is 83.0 cm³/mol. The average molecular weight is 327 g/mol. The first kappa shape index (κ1) is 16.2. The zero-order valence-electron chi connectivity index (χ0n) is 11.9. The maximum Gasteiger partial charge on any atom is 0.222 e. The third-order valence-electron chi connectivity index (χ3n) is 3.08. The van der Waals surface area contributed by atoms with Crippen LogP contribution in [0.25, 0.3) is 0 Å². The van der Waals surface area contributed by atoms with Gasteiger partial charge in [0.25, 0.3) is 0 Å². The van der Waals surface area contributed by atoms with Crippen molar-refractivity contribution in [1.29, 1.82) is 0 Å². The summed E-state index contributed by atoms with van der Waals surface area (Å²) in [6.45, 7) is 4.62. The first-order chi connectivity index (χ1) is 8.79. The van der Waals surface area contributed by atoms with E-state index in [9.17, 15) is 4.79 Å². The molecule has 1 aromatic rings. The van der Waals surface area contributed by atoms with Crippen molar-refractivity contribution in [1.82, 2.24) is 4.90 Å². The van der Waals surface area contributed by atoms with E-state index in [-0.39, 0.29) is 11.4 Å². The van der Waals surface area contributed by atoms with E-state index in [1.165, 1.54) is 5.56 Å². The molecule has 0 saturated heterocycles. The molecule has 0 aliphatic carbocycles. The lowest BCUT2D eigenvalue weighted by Gasteiger charge is -2.21. The number of carbonyl (C=O) groups is 1. The van der Waals surface area contributed by atoms with Crippen molar-refractivity contribution in [2.45, 2.75) is 38.6 Å². The second kappa shape index (κ2) is 7.06. The van der Waals surface area contributed by atoms with Gasteiger partial charge in [-0.2, -0.15) is 0 Å². The molecule has 0 fully saturated rings. The minimum Gasteiger partial charge on any atom is -0.345 e. The summed E-state index contributed by atoms with van der Waals surface area (Å²) in [5.41, 5.74) is 6.84. The van der Waals surface area contributed by atoms with Crippen LogP contribution in [0.2, 0.25) is 0 Å². The zero-order chi connectivity index (χ0) is 14.5. The van der Waals surface area contributed by atoms with Crippen molar-refractivity contribution in [2.75, 3.05) is 13.6 Å². The SMILES string of the molecule is CN(CCc1ccccc1Br)C(=O)CCC(C)(C)N. The van der Waals surface area contributed by atoms with E-state index in [0.717, 1.165) is 17.4 Å². The van der Waals surface area contributed by atoms with Gasteiger partial charge in [0.2, 0.25) is 5.91 Å². The minimum absolute atomic E-state index is 0.158. The Balaban J connectivity index is 2.41. The topological polar surface area (TPSA) is 46.3 Å². The highest BCUT2D eigenvalue weighted by Gasteiger charge is 2.15. The number of hydrogen-bond donors (Lipinski definition) is 1. The molecule has 0 aliphatic heterocycles. The van der Waals surface area contributed by atoms with Gasteiger partial charge in [-0.05, 0) is 38.3 Å². The lowest BCUT2D eigenvalue weighted by Crippen LogP contribution is -2.35. The number of nitrogens with two attached hydrogens (primary N) is 1. The second-order valence-electron chi connectivity index (χ2n) is 5.65. The molecule has 0 saturated carbocycles. The molecule has 0 aromatic heterocycles. The van der Waals surface area contributed by atoms with Gasteiger partial charge < -0.3 is 10.6 Å². The fourth-order valence-electron chi connectivity index (χ4n) is 1.73. The normalized spacial score (nSPS) is 11.4. The molecule has 4 heteroatoms. The van der Waals surface area contributed by atoms with Crippen LogP contribution in [-0.4, -0.2) is 29.9 Å². The first-order valence-corrected chi connectivity index (χ1v) is 7.35. The first-order valence-electron chi connectivity index (χ1n) is 6.56. The quantitative estimate of drug-likeness (QED) is 0.873. The van der Waals surface area contributed by atoms with Crippen molar-refractivity contribution in [3.8, 4) is 0 Å². The summed E-state index contributed by atoms with van der Waals surface area (Å²) >= 11 is 3.52. The van der Waals surface area contributed by atoms with Gasteiger partial charge in [0.15, 0.2) is 0 Å². The van der Waals surface area contributed by atoms with E-state index < -0.39 is 0 Å². The van der Waals surface area contributed by atoms with Crippen molar-refractivity contribution >= 4 is 21.8 Å². The fourth-order valence-corrected chi connectivity index (χ4v) is 2.22. The van der Waals surface area contributed by atoms with E-state index >= 15 is 0 Å². The number of nitrogens with zero attached hydrogens (tertiary/aromatic N) is 1. The molecular weight excluding hydrogens is 304 g/mol. The highest BCUT2D eigenvalue weighted by molar-refractivity contribution is 9.10. The van der Waals surface area contributed by atoms with E-state index in [2.05, 4.69) is 22.0 Å². The van der Waals surface area contributed by atoms with Crippen LogP contribution in [0.1, 0.15) is 32.3 Å². The Morgan fingerprint density at radius 3 is 2.58 bits per heavy atom. The fraction of sp³-hybridized carbons (Fsp3) is 0.533. The molecule has 3 nitrogen and oxygen atoms in total. The molecule has 0 radical (unpaired) electrons. The molecule has 2 N–H and O–H groups in total. The maximum absolute atomic E-state index is 12.0. The van der Waals surface area contributed by atoms with Crippen LogP contribution < -0.4 is 5.73 Å². The Bertz CT molecular complexity index is 426. The second-order valence-corrected chi connectivity index (χ2v) is 6.50. The number of hydrogen-bond acceptors (Lipinski definition) is 2. The monoisotopic (exact) mass is 326 g/mol. The Morgan fingerprint density at radius 1 is 1.37 bits per heavy atom. The van der Waals surface area contributed by atoms with E-state index in [0.29, 0.717) is 12.8 Å². The molecule has 1 aromatic carbocycles. The molecule has 0 spiro atoms. The Hall–Kier alpha value is -0.870. The third-order valence-corrected chi connectivity index (χ3v) is 3.86. The van der Waals surface area contributed by atoms with Gasteiger partial charge in [-0.3, -0.25) is 4.79 Å². The summed E-state index contributed by atoms with van der Waals surface area (Å²) < 4.78 is 1.10. The summed E-state index contributed by atoms with van der Waals surface area (Å²) in [4.78, 5) is 13.7. The van der Waals surface area contributed by atoms with Gasteiger partial charge in [-0.1, -0.05) is 34.1 Å². The molecule has 0 aliphatic rings. The number of benzene rings is 1. The van der Waals surface area contributed by atoms with Crippen molar-refractivity contribution in [2.24, 2.45) is 5.73 Å². The van der Waals surface area contributed by atoms with Crippen LogP contribution in [0, 0.1) is 0 Å². The summed E-state index contributed by atoms with van der Waals surface area (Å²) in [6.07, 6.45) is 2.08. The third kappa shape index (κ3) is 6.21. The van der Waals surface area contributed by atoms with Crippen molar-refractivity contribution < 1.29 is 4.79 Å². The number of amides is 1. The average Bonchev–Trinajstić information content (AvgIpc) is 2.33. The zero-order valence-corrected chi connectivity index (χ0v) is 13.5. The number of likely N-dealkylation sites (N-methyl/N-ethyl adjacent to an activating group) is 1. The van der Waals surface area contributed by atoms with Crippen LogP contribution in [0.3, 0.4) is 0 Å². The van der Waals surface area contributed by atoms with E-state index in [1.807, 2.05) is 39.1 Å². The lowest BCUT2D eigenvalue weighted by atomic mass is 10.00. The summed E-state index contributed by atoms with van der Waals surface area (Å²) in [5.74, 6) is 0.158. The number of halogens is 1. The van der Waals surface area contributed by atoms with Gasteiger partial charge in [-0.15, -0.1) is 0 Å². The predicted octanol–water partition coefficient (Wildman–Crippen LogP) is 2.97. The van der Waals surface area contributed by atoms with Crippen LogP contribution in [0.15, 0.2) is 28.7 Å². The van der Waals surface area contributed by atoms with Crippen LogP contribution in [-0.2, 0) is 11.2 Å². The van der Waals surface area contributed by atoms with Gasteiger partial charge in [-0.25, -0.2) is 0 Å². The summed E-state index contributed by atoms with van der Waals surface area (Å²) in [5, 5.41) is 0. The summed E-state index contributed by atoms with van der Waals surface area (Å²) in [7, 11) is 1.85. The standard InChI is InChI=1S/C15H23BrN2O/c1-15(2,17)10-8-14(19)18(3)11-9-12-6-4-5-7-13(12)16/h4-7H,8-11,17H2,1-3H3. The largest absolute Gasteiger partial charge is 0.345 e. The van der Waals surface area contributed by atoms with Crippen LogP contribution in [0.4, 0.5) is 0 Å². The van der Waals surface area contributed by atoms with Gasteiger partial charge in [0.05, 0.1) is 0 Å². The van der Waals surface area contributed by atoms with Crippen LogP contribution >= 0.6 is 15.9 Å². The summed E-state index contributed by atoms with van der Waals surface area (Å²) in [6, 6.07) is 8.10. The van der Waals surface area contributed by atoms with Gasteiger partial charge in [0, 0.05) is 30.0 Å². The maximum atomic E-state index is 12.0. The lowest BCUT2D eigenvalue weighted by molar-refractivity contribution is -0.130. The smallest absolute Gasteiger partial charge is 0.222 e. The molecule has 1 amide bonds. The highest BCUT2D eigenvalue weighted by atomic mass is 79.9. The minimum atomic E-state index is -0.279. The molecule has 19 heavy (non-hydrogen) atoms. The number of rotatable bonds is 6. The van der Waals surface area contributed by atoms with Crippen molar-refractivity contribution in [3.63, 3.8) is 0 Å². The molecule has 0 atom stereocenters. The van der Waals surface area contributed by atoms with Gasteiger partial charge >= 0.3 is 0 Å². The Morgan fingerprint density at radius 2 is 2.00 bits per heavy atom. The van der Waals surface area contributed by atoms with Crippen LogP contribution in [0.5, 0.6) is 0 Å². The Labute approximate surface area is 124 Å². The molecule has 0 heterocycles.